The van der Waals surface area contributed by atoms with Crippen LogP contribution in [0.2, 0.25) is 0 Å². The first kappa shape index (κ1) is 12.6. The molecule has 0 saturated carbocycles. The topological polar surface area (TPSA) is 33.6 Å². The Morgan fingerprint density at radius 1 is 1.38 bits per heavy atom. The lowest BCUT2D eigenvalue weighted by atomic mass is 9.73. The number of allylic oxidation sites excluding steroid dienone is 1. The molecule has 5 unspecified atom stereocenters. The zero-order valence-electron chi connectivity index (χ0n) is 17.3. The molecule has 24 heavy (non-hydrogen) atoms. The summed E-state index contributed by atoms with van der Waals surface area (Å²) in [6.45, 7) is 1.22. The number of rotatable bonds is 1. The Morgan fingerprint density at radius 3 is 3.25 bits per heavy atom. The minimum atomic E-state index is -2.08. The fourth-order valence-corrected chi connectivity index (χ4v) is 6.86. The quantitative estimate of drug-likeness (QED) is 0.774. The van der Waals surface area contributed by atoms with Gasteiger partial charge < -0.3 is 10.1 Å². The fraction of sp³-hybridized carbons (Fsp3) is 0.750. The maximum Gasteiger partial charge on any atom is 0.192 e. The number of thioether (sulfide) groups is 1. The van der Waals surface area contributed by atoms with E-state index in [9.17, 15) is 0 Å². The monoisotopic (exact) mass is 347 g/mol. The van der Waals surface area contributed by atoms with Crippen LogP contribution >= 0.6 is 11.8 Å². The van der Waals surface area contributed by atoms with Crippen molar-refractivity contribution < 1.29 is 8.85 Å². The molecule has 0 aromatic carbocycles. The molecule has 4 aliphatic heterocycles. The Kier molecular flexibility index (Phi) is 3.10. The Balaban J connectivity index is 1.48. The van der Waals surface area contributed by atoms with Crippen molar-refractivity contribution in [3.8, 4) is 0 Å². The van der Waals surface area contributed by atoms with Gasteiger partial charge in [0.25, 0.3) is 0 Å². The summed E-state index contributed by atoms with van der Waals surface area (Å²) in [5.74, 6) is 4.40. The van der Waals surface area contributed by atoms with Crippen molar-refractivity contribution in [3.05, 3.63) is 22.3 Å². The van der Waals surface area contributed by atoms with Crippen LogP contribution in [0.3, 0.4) is 0 Å². The zero-order chi connectivity index (χ0) is 18.8. The van der Waals surface area contributed by atoms with E-state index in [-0.39, 0.29) is 6.23 Å². The van der Waals surface area contributed by atoms with Crippen LogP contribution < -0.4 is 5.32 Å². The normalized spacial score (nSPS) is 46.6. The molecule has 0 aromatic heterocycles. The van der Waals surface area contributed by atoms with Gasteiger partial charge in [-0.2, -0.15) is 0 Å². The van der Waals surface area contributed by atoms with Gasteiger partial charge in [0.1, 0.15) is 5.76 Å². The molecule has 0 bridgehead atoms. The van der Waals surface area contributed by atoms with Crippen LogP contribution in [-0.2, 0) is 4.74 Å². The number of hydrogen-bond donors (Lipinski definition) is 1. The number of fused-ring (bicyclic) bond motifs is 4. The second kappa shape index (κ2) is 5.91. The number of ether oxygens (including phenoxy) is 1. The van der Waals surface area contributed by atoms with Crippen LogP contribution in [0.5, 0.6) is 0 Å². The maximum atomic E-state index is 7.70. The van der Waals surface area contributed by atoms with Crippen LogP contribution in [-0.4, -0.2) is 30.3 Å². The summed E-state index contributed by atoms with van der Waals surface area (Å²) in [5, 5.41) is 3.76. The van der Waals surface area contributed by atoms with E-state index in [2.05, 4.69) is 23.3 Å². The zero-order valence-corrected chi connectivity index (χ0v) is 15.1. The summed E-state index contributed by atoms with van der Waals surface area (Å²) in [6.07, 6.45) is 7.02. The van der Waals surface area contributed by atoms with Crippen molar-refractivity contribution >= 4 is 17.5 Å². The molecule has 5 aliphatic rings. The second-order valence-electron chi connectivity index (χ2n) is 7.98. The van der Waals surface area contributed by atoms with Crippen LogP contribution in [0.1, 0.15) is 50.0 Å². The molecule has 2 saturated heterocycles. The number of nitrogens with zero attached hydrogens (tertiary/aromatic N) is 1. The van der Waals surface area contributed by atoms with Crippen molar-refractivity contribution in [2.75, 3.05) is 12.3 Å². The molecule has 4 heteroatoms. The maximum absolute atomic E-state index is 7.70. The van der Waals surface area contributed by atoms with E-state index >= 15 is 0 Å². The number of aliphatic imine (C=N–C) groups is 1. The van der Waals surface area contributed by atoms with E-state index in [1.807, 2.05) is 11.8 Å². The van der Waals surface area contributed by atoms with Gasteiger partial charge in [-0.05, 0) is 55.4 Å². The van der Waals surface area contributed by atoms with E-state index in [0.29, 0.717) is 41.8 Å². The summed E-state index contributed by atoms with van der Waals surface area (Å²) in [6, 6.07) is 0.374. The van der Waals surface area contributed by atoms with Crippen molar-refractivity contribution in [2.45, 2.75) is 58.1 Å². The molecule has 0 amide bonds. The summed E-state index contributed by atoms with van der Waals surface area (Å²) in [7, 11) is 0. The van der Waals surface area contributed by atoms with Crippen LogP contribution in [0.25, 0.3) is 0 Å². The Morgan fingerprint density at radius 2 is 2.33 bits per heavy atom. The molecule has 1 aliphatic carbocycles. The fourth-order valence-electron chi connectivity index (χ4n) is 5.44. The highest BCUT2D eigenvalue weighted by molar-refractivity contribution is 8.03. The molecule has 6 atom stereocenters. The average molecular weight is 348 g/mol. The van der Waals surface area contributed by atoms with Gasteiger partial charge in [0, 0.05) is 45.9 Å². The smallest absolute Gasteiger partial charge is 0.192 e. The lowest BCUT2D eigenvalue weighted by molar-refractivity contribution is 0.127. The highest BCUT2D eigenvalue weighted by atomic mass is 32.2. The van der Waals surface area contributed by atoms with Gasteiger partial charge in [-0.15, -0.1) is 11.8 Å². The molecular formula is C20H28N2OS. The van der Waals surface area contributed by atoms with Crippen molar-refractivity contribution in [2.24, 2.45) is 28.7 Å². The summed E-state index contributed by atoms with van der Waals surface area (Å²) >= 11 is 2.02. The van der Waals surface area contributed by atoms with Crippen LogP contribution in [0.4, 0.5) is 0 Å². The van der Waals surface area contributed by atoms with Gasteiger partial charge in [-0.3, -0.25) is 4.99 Å². The number of hydrogen-bond acceptors (Lipinski definition) is 4. The van der Waals surface area contributed by atoms with Crippen LogP contribution in [0, 0.1) is 23.7 Å². The largest absolute Gasteiger partial charge is 0.472 e. The standard InChI is InChI=1S/C20H28N2OS/c1-11-10-24-16-8-9-21-18(17(11)16)15-5-3-4-13-14-7-6-12(2)22-20(14)23-19(13)15/h8,11,13-14,17-18,20-21H,3-7,9-10H2,1-2H3/t11?,13?,14?,17?,18-,20?/m0/s1/i2D3. The molecule has 2 fully saturated rings. The predicted molar refractivity (Wildman–Crippen MR) is 100 cm³/mol. The highest BCUT2D eigenvalue weighted by Gasteiger charge is 2.48. The van der Waals surface area contributed by atoms with Gasteiger partial charge in [0.05, 0.1) is 0 Å². The van der Waals surface area contributed by atoms with E-state index in [0.717, 1.165) is 31.6 Å². The van der Waals surface area contributed by atoms with E-state index in [4.69, 9.17) is 8.85 Å². The minimum Gasteiger partial charge on any atom is -0.472 e. The van der Waals surface area contributed by atoms with Crippen molar-refractivity contribution in [3.63, 3.8) is 0 Å². The lowest BCUT2D eigenvalue weighted by Gasteiger charge is -2.36. The predicted octanol–water partition coefficient (Wildman–Crippen LogP) is 4.12. The Labute approximate surface area is 153 Å². The molecule has 130 valence electrons. The van der Waals surface area contributed by atoms with Crippen molar-refractivity contribution in [1.82, 2.24) is 5.32 Å². The lowest BCUT2D eigenvalue weighted by Crippen LogP contribution is -2.44. The Bertz CT molecular complexity index is 729. The van der Waals surface area contributed by atoms with E-state index < -0.39 is 6.85 Å². The Hall–Kier alpha value is -0.740. The van der Waals surface area contributed by atoms with Gasteiger partial charge in [-0.25, -0.2) is 0 Å². The minimum absolute atomic E-state index is 0.281. The first-order valence-electron chi connectivity index (χ1n) is 11.0. The third kappa shape index (κ3) is 2.33. The number of nitrogens with one attached hydrogen (secondary N) is 1. The van der Waals surface area contributed by atoms with Crippen LogP contribution in [0.15, 0.2) is 27.3 Å². The molecule has 0 spiro atoms. The van der Waals surface area contributed by atoms with Gasteiger partial charge in [0.15, 0.2) is 6.23 Å². The van der Waals surface area contributed by atoms with Gasteiger partial charge in [0.2, 0.25) is 0 Å². The molecule has 4 heterocycles. The molecule has 3 nitrogen and oxygen atoms in total. The third-order valence-corrected chi connectivity index (χ3v) is 8.04. The van der Waals surface area contributed by atoms with Gasteiger partial charge in [-0.1, -0.05) is 13.0 Å². The molecular weight excluding hydrogens is 316 g/mol. The molecule has 0 radical (unpaired) electrons. The summed E-state index contributed by atoms with van der Waals surface area (Å²) < 4.78 is 29.5. The SMILES string of the molecule is [2H]C([2H])([2H])C1=NC2OC3=C([C@@H]4NCC=C5SCC(C)C54)CCCC3C2CC1. The molecule has 1 N–H and O–H groups in total. The second-order valence-corrected chi connectivity index (χ2v) is 9.07. The first-order valence-corrected chi connectivity index (χ1v) is 10.4. The summed E-state index contributed by atoms with van der Waals surface area (Å²) in [4.78, 5) is 6.12. The third-order valence-electron chi connectivity index (χ3n) is 6.57. The average Bonchev–Trinajstić information content (AvgIpc) is 3.21. The van der Waals surface area contributed by atoms with Gasteiger partial charge >= 0.3 is 0 Å². The molecule has 5 rings (SSSR count). The van der Waals surface area contributed by atoms with E-state index in [1.165, 1.54) is 17.7 Å². The molecule has 0 aromatic rings. The highest BCUT2D eigenvalue weighted by Crippen LogP contribution is 2.52. The van der Waals surface area contributed by atoms with Crippen molar-refractivity contribution in [1.29, 1.82) is 0 Å². The van der Waals surface area contributed by atoms with E-state index in [1.54, 1.807) is 4.91 Å². The summed E-state index contributed by atoms with van der Waals surface area (Å²) in [5.41, 5.74) is 1.81. The first-order chi connectivity index (χ1) is 12.9.